The third-order valence-electron chi connectivity index (χ3n) is 3.66. The van der Waals surface area contributed by atoms with Crippen LogP contribution in [0.2, 0.25) is 0 Å². The molecule has 0 radical (unpaired) electrons. The van der Waals surface area contributed by atoms with Crippen LogP contribution < -0.4 is 10.6 Å². The van der Waals surface area contributed by atoms with Gasteiger partial charge < -0.3 is 20.1 Å². The molecule has 0 saturated heterocycles. The first-order valence-corrected chi connectivity index (χ1v) is 7.90. The number of ether oxygens (including phenoxy) is 2. The van der Waals surface area contributed by atoms with Crippen LogP contribution in [-0.4, -0.2) is 51.5 Å². The quantitative estimate of drug-likeness (QED) is 0.597. The minimum atomic E-state index is -0.294. The highest BCUT2D eigenvalue weighted by atomic mass is 16.5. The Morgan fingerprint density at radius 1 is 1.20 bits per heavy atom. The smallest absolute Gasteiger partial charge is 0.249 e. The van der Waals surface area contributed by atoms with Crippen molar-refractivity contribution in [1.82, 2.24) is 10.6 Å². The van der Waals surface area contributed by atoms with Crippen LogP contribution in [0.15, 0.2) is 0 Å². The van der Waals surface area contributed by atoms with Gasteiger partial charge in [0, 0.05) is 26.7 Å². The molecule has 0 spiro atoms. The van der Waals surface area contributed by atoms with Crippen molar-refractivity contribution in [3.05, 3.63) is 0 Å². The van der Waals surface area contributed by atoms with Gasteiger partial charge in [-0.2, -0.15) is 0 Å². The third kappa shape index (κ3) is 7.22. The average molecular weight is 286 g/mol. The predicted octanol–water partition coefficient (Wildman–Crippen LogP) is 1.47. The number of methoxy groups -OCH3 is 1. The van der Waals surface area contributed by atoms with Crippen LogP contribution in [0.3, 0.4) is 0 Å². The Bertz CT molecular complexity index is 256. The molecule has 0 aromatic rings. The molecule has 5 nitrogen and oxygen atoms in total. The van der Waals surface area contributed by atoms with Gasteiger partial charge in [-0.1, -0.05) is 26.2 Å². The Labute approximate surface area is 122 Å². The van der Waals surface area contributed by atoms with Crippen LogP contribution in [0.25, 0.3) is 0 Å². The Kier molecular flexibility index (Phi) is 9.62. The van der Waals surface area contributed by atoms with Crippen molar-refractivity contribution >= 4 is 5.91 Å². The maximum Gasteiger partial charge on any atom is 0.249 e. The Morgan fingerprint density at radius 3 is 2.60 bits per heavy atom. The highest BCUT2D eigenvalue weighted by Crippen LogP contribution is 2.22. The largest absolute Gasteiger partial charge is 0.383 e. The van der Waals surface area contributed by atoms with Crippen LogP contribution in [0, 0.1) is 0 Å². The molecule has 0 aromatic heterocycles. The van der Waals surface area contributed by atoms with Gasteiger partial charge in [0.2, 0.25) is 5.91 Å². The second-order valence-electron chi connectivity index (χ2n) is 5.33. The van der Waals surface area contributed by atoms with E-state index in [0.717, 1.165) is 32.4 Å². The number of hydrogen-bond acceptors (Lipinski definition) is 4. The van der Waals surface area contributed by atoms with Gasteiger partial charge in [0.05, 0.1) is 12.7 Å². The molecule has 1 atom stereocenters. The molecule has 5 heteroatoms. The fourth-order valence-corrected chi connectivity index (χ4v) is 2.46. The summed E-state index contributed by atoms with van der Waals surface area (Å²) < 4.78 is 10.9. The summed E-state index contributed by atoms with van der Waals surface area (Å²) in [6.45, 7) is 4.89. The standard InChI is InChI=1S/C15H30N2O3/c1-3-14(20-13-7-5-4-6-8-13)15(18)17-10-9-16-11-12-19-2/h13-14,16H,3-12H2,1-2H3,(H,17,18). The summed E-state index contributed by atoms with van der Waals surface area (Å²) in [4.78, 5) is 12.0. The lowest BCUT2D eigenvalue weighted by Crippen LogP contribution is -2.41. The molecule has 0 aromatic carbocycles. The van der Waals surface area contributed by atoms with Crippen LogP contribution in [-0.2, 0) is 14.3 Å². The molecule has 1 aliphatic carbocycles. The van der Waals surface area contributed by atoms with E-state index in [2.05, 4.69) is 10.6 Å². The molecule has 20 heavy (non-hydrogen) atoms. The molecule has 1 rings (SSSR count). The molecule has 0 aliphatic heterocycles. The highest BCUT2D eigenvalue weighted by molar-refractivity contribution is 5.80. The topological polar surface area (TPSA) is 59.6 Å². The molecular formula is C15H30N2O3. The summed E-state index contributed by atoms with van der Waals surface area (Å²) in [5, 5.41) is 6.13. The summed E-state index contributed by atoms with van der Waals surface area (Å²) in [5.74, 6) is 0.0200. The van der Waals surface area contributed by atoms with E-state index < -0.39 is 0 Å². The second-order valence-corrected chi connectivity index (χ2v) is 5.33. The van der Waals surface area contributed by atoms with E-state index in [1.807, 2.05) is 6.92 Å². The molecule has 1 unspecified atom stereocenters. The van der Waals surface area contributed by atoms with Gasteiger partial charge in [-0.25, -0.2) is 0 Å². The third-order valence-corrected chi connectivity index (χ3v) is 3.66. The van der Waals surface area contributed by atoms with Gasteiger partial charge in [0.1, 0.15) is 6.10 Å². The average Bonchev–Trinajstić information content (AvgIpc) is 2.49. The lowest BCUT2D eigenvalue weighted by atomic mass is 9.97. The summed E-state index contributed by atoms with van der Waals surface area (Å²) in [7, 11) is 1.68. The minimum Gasteiger partial charge on any atom is -0.383 e. The summed E-state index contributed by atoms with van der Waals surface area (Å²) in [5.41, 5.74) is 0. The van der Waals surface area contributed by atoms with E-state index in [-0.39, 0.29) is 18.1 Å². The fourth-order valence-electron chi connectivity index (χ4n) is 2.46. The van der Waals surface area contributed by atoms with Crippen molar-refractivity contribution in [1.29, 1.82) is 0 Å². The maximum absolute atomic E-state index is 12.0. The molecule has 1 saturated carbocycles. The van der Waals surface area contributed by atoms with E-state index in [1.165, 1.54) is 19.3 Å². The van der Waals surface area contributed by atoms with Crippen molar-refractivity contribution in [3.63, 3.8) is 0 Å². The van der Waals surface area contributed by atoms with Crippen LogP contribution in [0.5, 0.6) is 0 Å². The van der Waals surface area contributed by atoms with E-state index in [4.69, 9.17) is 9.47 Å². The summed E-state index contributed by atoms with van der Waals surface area (Å²) in [6.07, 6.45) is 6.68. The lowest BCUT2D eigenvalue weighted by molar-refractivity contribution is -0.138. The number of amides is 1. The van der Waals surface area contributed by atoms with Gasteiger partial charge >= 0.3 is 0 Å². The van der Waals surface area contributed by atoms with Crippen molar-refractivity contribution in [2.45, 2.75) is 57.7 Å². The van der Waals surface area contributed by atoms with Crippen LogP contribution >= 0.6 is 0 Å². The molecule has 0 heterocycles. The predicted molar refractivity (Wildman–Crippen MR) is 79.8 cm³/mol. The van der Waals surface area contributed by atoms with Crippen molar-refractivity contribution < 1.29 is 14.3 Å². The first kappa shape index (κ1) is 17.4. The molecule has 118 valence electrons. The van der Waals surface area contributed by atoms with Crippen molar-refractivity contribution in [3.8, 4) is 0 Å². The minimum absolute atomic E-state index is 0.0200. The zero-order valence-corrected chi connectivity index (χ0v) is 13.0. The molecule has 1 aliphatic rings. The number of rotatable bonds is 10. The molecule has 1 amide bonds. The zero-order chi connectivity index (χ0) is 14.6. The van der Waals surface area contributed by atoms with Gasteiger partial charge in [-0.3, -0.25) is 4.79 Å². The van der Waals surface area contributed by atoms with Crippen molar-refractivity contribution in [2.75, 3.05) is 33.4 Å². The van der Waals surface area contributed by atoms with Crippen LogP contribution in [0.1, 0.15) is 45.4 Å². The van der Waals surface area contributed by atoms with Gasteiger partial charge in [0.15, 0.2) is 0 Å². The highest BCUT2D eigenvalue weighted by Gasteiger charge is 2.22. The SMILES string of the molecule is CCC(OC1CCCCC1)C(=O)NCCNCCOC. The number of carbonyl (C=O) groups is 1. The Balaban J connectivity index is 2.14. The first-order valence-electron chi connectivity index (χ1n) is 7.90. The van der Waals surface area contributed by atoms with Gasteiger partial charge in [0.25, 0.3) is 0 Å². The van der Waals surface area contributed by atoms with E-state index in [1.54, 1.807) is 7.11 Å². The summed E-state index contributed by atoms with van der Waals surface area (Å²) in [6, 6.07) is 0. The number of nitrogens with one attached hydrogen (secondary N) is 2. The van der Waals surface area contributed by atoms with Gasteiger partial charge in [-0.05, 0) is 19.3 Å². The van der Waals surface area contributed by atoms with E-state index in [9.17, 15) is 4.79 Å². The van der Waals surface area contributed by atoms with Crippen LogP contribution in [0.4, 0.5) is 0 Å². The van der Waals surface area contributed by atoms with E-state index >= 15 is 0 Å². The molecule has 0 bridgehead atoms. The van der Waals surface area contributed by atoms with E-state index in [0.29, 0.717) is 13.2 Å². The Morgan fingerprint density at radius 2 is 1.95 bits per heavy atom. The normalized spacial score (nSPS) is 17.9. The van der Waals surface area contributed by atoms with Crippen molar-refractivity contribution in [2.24, 2.45) is 0 Å². The number of carbonyl (C=O) groups excluding carboxylic acids is 1. The lowest BCUT2D eigenvalue weighted by Gasteiger charge is -2.26. The molecule has 2 N–H and O–H groups in total. The second kappa shape index (κ2) is 11.1. The molecular weight excluding hydrogens is 256 g/mol. The zero-order valence-electron chi connectivity index (χ0n) is 13.0. The monoisotopic (exact) mass is 286 g/mol. The summed E-state index contributed by atoms with van der Waals surface area (Å²) >= 11 is 0. The Hall–Kier alpha value is -0.650. The molecule has 1 fully saturated rings. The van der Waals surface area contributed by atoms with Gasteiger partial charge in [-0.15, -0.1) is 0 Å². The maximum atomic E-state index is 12.0. The fraction of sp³-hybridized carbons (Fsp3) is 0.933. The number of hydrogen-bond donors (Lipinski definition) is 2. The first-order chi connectivity index (χ1) is 9.77.